The zero-order chi connectivity index (χ0) is 40.5. The van der Waals surface area contributed by atoms with Gasteiger partial charge in [0.05, 0.1) is 59.7 Å². The van der Waals surface area contributed by atoms with E-state index < -0.39 is 0 Å². The normalized spacial score (nSPS) is 14.5. The van der Waals surface area contributed by atoms with Crippen molar-refractivity contribution >= 4 is 46.4 Å². The summed E-state index contributed by atoms with van der Waals surface area (Å²) in [5.41, 5.74) is 11.9. The molecule has 3 aromatic heterocycles. The minimum atomic E-state index is 0.125. The highest BCUT2D eigenvalue weighted by atomic mass is 16.6. The summed E-state index contributed by atoms with van der Waals surface area (Å²) in [6.07, 6.45) is 8.50. The van der Waals surface area contributed by atoms with Gasteiger partial charge < -0.3 is 39.5 Å². The number of benzene rings is 4. The number of epoxide rings is 2. The Morgan fingerprint density at radius 3 is 1.46 bits per heavy atom. The number of aromatic hydroxyl groups is 4. The second-order valence-electron chi connectivity index (χ2n) is 14.5. The quantitative estimate of drug-likeness (QED) is 0.111. The SMILES string of the molecule is C1CO1.CC1CO1.Oc1ccc(-c2c(-c3ccc(O)cc3)c3c(-c4ccc(O)cc4)c4nc(cc5ccc(cc6nc(cc2n3-c2ccc(O)cc2)C=C6)[nH]5)C=C4)cc1. The molecule has 59 heavy (non-hydrogen) atoms. The maximum absolute atomic E-state index is 10.4. The van der Waals surface area contributed by atoms with Gasteiger partial charge in [-0.2, -0.15) is 0 Å². The minimum Gasteiger partial charge on any atom is -0.508 e. The molecule has 0 saturated carbocycles. The van der Waals surface area contributed by atoms with Crippen LogP contribution in [-0.2, 0) is 9.47 Å². The Hall–Kier alpha value is -7.40. The average molecular weight is 781 g/mol. The molecule has 292 valence electrons. The number of nitrogens with one attached hydrogen (secondary N) is 1. The van der Waals surface area contributed by atoms with Gasteiger partial charge in [0.2, 0.25) is 0 Å². The molecule has 1 atom stereocenters. The molecular formula is C49H40N4O6. The van der Waals surface area contributed by atoms with Crippen LogP contribution in [0.4, 0.5) is 0 Å². The maximum Gasteiger partial charge on any atom is 0.115 e. The van der Waals surface area contributed by atoms with Crippen LogP contribution in [0.2, 0.25) is 0 Å². The van der Waals surface area contributed by atoms with E-state index in [9.17, 15) is 20.4 Å². The first-order valence-electron chi connectivity index (χ1n) is 19.3. The summed E-state index contributed by atoms with van der Waals surface area (Å²) in [5, 5.41) is 41.7. The Balaban J connectivity index is 0.000000583. The lowest BCUT2D eigenvalue weighted by molar-refractivity contribution is 0.423. The molecule has 4 aromatic carbocycles. The molecule has 2 saturated heterocycles. The van der Waals surface area contributed by atoms with Crippen LogP contribution in [0.1, 0.15) is 29.7 Å². The topological polar surface area (TPSA) is 152 Å². The van der Waals surface area contributed by atoms with E-state index >= 15 is 0 Å². The van der Waals surface area contributed by atoms with Crippen LogP contribution < -0.4 is 0 Å². The average Bonchev–Trinajstić information content (AvgIpc) is 4.10. The van der Waals surface area contributed by atoms with E-state index in [1.165, 1.54) is 0 Å². The third-order valence-corrected chi connectivity index (χ3v) is 9.95. The zero-order valence-electron chi connectivity index (χ0n) is 32.1. The van der Waals surface area contributed by atoms with E-state index in [-0.39, 0.29) is 23.0 Å². The van der Waals surface area contributed by atoms with Crippen molar-refractivity contribution in [3.63, 3.8) is 0 Å². The number of hydrogen-bond acceptors (Lipinski definition) is 8. The smallest absolute Gasteiger partial charge is 0.115 e. The minimum absolute atomic E-state index is 0.125. The highest BCUT2D eigenvalue weighted by molar-refractivity contribution is 6.10. The van der Waals surface area contributed by atoms with Crippen LogP contribution in [0.15, 0.2) is 127 Å². The first-order chi connectivity index (χ1) is 28.8. The molecule has 10 nitrogen and oxygen atoms in total. The number of H-pyrrole nitrogens is 1. The van der Waals surface area contributed by atoms with E-state index in [0.29, 0.717) is 11.8 Å². The van der Waals surface area contributed by atoms with Crippen LogP contribution in [0.25, 0.3) is 85.4 Å². The molecule has 7 heterocycles. The van der Waals surface area contributed by atoms with Crippen LogP contribution in [0.3, 0.4) is 0 Å². The van der Waals surface area contributed by atoms with Gasteiger partial charge in [-0.05, 0) is 139 Å². The van der Waals surface area contributed by atoms with Crippen LogP contribution >= 0.6 is 0 Å². The fourth-order valence-corrected chi connectivity index (χ4v) is 7.00. The number of ether oxygens (including phenoxy) is 2. The van der Waals surface area contributed by atoms with Gasteiger partial charge in [-0.25, -0.2) is 9.97 Å². The van der Waals surface area contributed by atoms with Crippen molar-refractivity contribution in [2.75, 3.05) is 19.8 Å². The van der Waals surface area contributed by atoms with Crippen LogP contribution in [-0.4, -0.2) is 65.9 Å². The van der Waals surface area contributed by atoms with E-state index in [1.807, 2.05) is 103 Å². The molecule has 0 radical (unpaired) electrons. The first-order valence-corrected chi connectivity index (χ1v) is 19.3. The number of rotatable bonds is 4. The molecule has 10 heteroatoms. The molecule has 11 rings (SSSR count). The molecular weight excluding hydrogens is 741 g/mol. The van der Waals surface area contributed by atoms with Crippen molar-refractivity contribution in [1.29, 1.82) is 0 Å². The van der Waals surface area contributed by atoms with Gasteiger partial charge in [0, 0.05) is 33.4 Å². The molecule has 0 aliphatic carbocycles. The van der Waals surface area contributed by atoms with E-state index in [1.54, 1.807) is 48.5 Å². The van der Waals surface area contributed by atoms with Gasteiger partial charge >= 0.3 is 0 Å². The van der Waals surface area contributed by atoms with Gasteiger partial charge in [0.15, 0.2) is 0 Å². The van der Waals surface area contributed by atoms with Crippen molar-refractivity contribution in [3.8, 4) is 62.1 Å². The summed E-state index contributed by atoms with van der Waals surface area (Å²) in [6, 6.07) is 38.3. The summed E-state index contributed by atoms with van der Waals surface area (Å²) in [4.78, 5) is 13.6. The van der Waals surface area contributed by atoms with Crippen molar-refractivity contribution in [1.82, 2.24) is 19.5 Å². The lowest BCUT2D eigenvalue weighted by Crippen LogP contribution is -1.97. The molecule has 5 N–H and O–H groups in total. The second-order valence-corrected chi connectivity index (χ2v) is 14.5. The second kappa shape index (κ2) is 15.9. The van der Waals surface area contributed by atoms with Crippen molar-refractivity contribution in [3.05, 3.63) is 150 Å². The fourth-order valence-electron chi connectivity index (χ4n) is 7.00. The van der Waals surface area contributed by atoms with E-state index in [0.717, 1.165) is 98.0 Å². The predicted octanol–water partition coefficient (Wildman–Crippen LogP) is 10.4. The van der Waals surface area contributed by atoms with Crippen LogP contribution in [0.5, 0.6) is 23.0 Å². The summed E-state index contributed by atoms with van der Waals surface area (Å²) >= 11 is 0. The number of nitrogens with zero attached hydrogens (tertiary/aromatic N) is 3. The number of phenolic OH excluding ortho intramolecular Hbond substituents is 4. The largest absolute Gasteiger partial charge is 0.508 e. The molecule has 2 fully saturated rings. The standard InChI is InChI=1S/C44H30N4O4.C3H6O.C2H4O/c49-35-14-1-26(2-15-35)41-39-22-11-32(47-39)24-31-8-7-29(45-31)23-30-9-10-33(46-30)25-40-42(27-3-16-36(50)17-4-27)43(28-5-18-37(51)19-6-28)44(41)48(40)34-12-20-38(52)21-13-34;1-3-2-4-3;1-2-3-1/h1-25,45,49-52H;3H,2H2,1H3;1-2H2. The molecule has 4 aliphatic heterocycles. The van der Waals surface area contributed by atoms with E-state index in [4.69, 9.17) is 14.7 Å². The molecule has 4 aliphatic rings. The van der Waals surface area contributed by atoms with Gasteiger partial charge in [-0.3, -0.25) is 0 Å². The summed E-state index contributed by atoms with van der Waals surface area (Å²) in [7, 11) is 0. The number of hydrogen-bond donors (Lipinski definition) is 5. The Morgan fingerprint density at radius 1 is 0.542 bits per heavy atom. The molecule has 7 aromatic rings. The Bertz CT molecular complexity index is 2880. The molecule has 1 unspecified atom stereocenters. The number of aromatic amines is 1. The molecule has 0 spiro atoms. The summed E-state index contributed by atoms with van der Waals surface area (Å²) < 4.78 is 11.4. The lowest BCUT2D eigenvalue weighted by atomic mass is 9.93. The third kappa shape index (κ3) is 8.36. The van der Waals surface area contributed by atoms with Gasteiger partial charge in [-0.15, -0.1) is 0 Å². The van der Waals surface area contributed by atoms with E-state index in [2.05, 4.69) is 21.2 Å². The van der Waals surface area contributed by atoms with Crippen molar-refractivity contribution < 1.29 is 29.9 Å². The van der Waals surface area contributed by atoms with Crippen molar-refractivity contribution in [2.45, 2.75) is 13.0 Å². The van der Waals surface area contributed by atoms with Gasteiger partial charge in [0.1, 0.15) is 23.0 Å². The molecule has 0 amide bonds. The third-order valence-electron chi connectivity index (χ3n) is 9.95. The van der Waals surface area contributed by atoms with Gasteiger partial charge in [-0.1, -0.05) is 36.4 Å². The maximum atomic E-state index is 10.4. The lowest BCUT2D eigenvalue weighted by Gasteiger charge is -2.14. The number of aromatic nitrogens is 4. The highest BCUT2D eigenvalue weighted by Crippen LogP contribution is 2.48. The summed E-state index contributed by atoms with van der Waals surface area (Å²) in [5.74, 6) is 0.520. The Labute approximate surface area is 339 Å². The van der Waals surface area contributed by atoms with Crippen LogP contribution in [0, 0.1) is 0 Å². The number of phenols is 4. The van der Waals surface area contributed by atoms with Gasteiger partial charge in [0.25, 0.3) is 0 Å². The molecule has 8 bridgehead atoms. The highest BCUT2D eigenvalue weighted by Gasteiger charge is 2.26. The fraction of sp³-hybridized carbons (Fsp3) is 0.102. The first kappa shape index (κ1) is 37.2. The summed E-state index contributed by atoms with van der Waals surface area (Å²) in [6.45, 7) is 5.04. The van der Waals surface area contributed by atoms with Crippen molar-refractivity contribution in [2.24, 2.45) is 0 Å². The monoisotopic (exact) mass is 780 g/mol. The Kier molecular flexibility index (Phi) is 10.00. The zero-order valence-corrected chi connectivity index (χ0v) is 32.1. The Morgan fingerprint density at radius 2 is 0.966 bits per heavy atom. The predicted molar refractivity (Wildman–Crippen MR) is 233 cm³/mol. The number of fused-ring (bicyclic) bond motifs is 8.